The van der Waals surface area contributed by atoms with Gasteiger partial charge in [0.2, 0.25) is 0 Å². The normalized spacial score (nSPS) is 10.0. The van der Waals surface area contributed by atoms with Crippen LogP contribution in [0.15, 0.2) is 34.8 Å². The zero-order valence-corrected chi connectivity index (χ0v) is 12.9. The number of rotatable bonds is 4. The van der Waals surface area contributed by atoms with E-state index in [2.05, 4.69) is 27.3 Å². The Labute approximate surface area is 130 Å². The summed E-state index contributed by atoms with van der Waals surface area (Å²) in [6.07, 6.45) is 0. The van der Waals surface area contributed by atoms with Gasteiger partial charge in [0, 0.05) is 16.6 Å². The van der Waals surface area contributed by atoms with Crippen molar-refractivity contribution < 1.29 is 9.13 Å². The molecule has 2 rings (SSSR count). The summed E-state index contributed by atoms with van der Waals surface area (Å²) in [4.78, 5) is 0. The van der Waals surface area contributed by atoms with E-state index in [1.54, 1.807) is 25.1 Å². The molecular weight excluding hydrogens is 337 g/mol. The molecule has 0 aliphatic carbocycles. The number of halogens is 2. The molecule has 4 nitrogen and oxygen atoms in total. The van der Waals surface area contributed by atoms with Crippen molar-refractivity contribution in [1.82, 2.24) is 0 Å². The predicted octanol–water partition coefficient (Wildman–Crippen LogP) is 4.18. The molecule has 0 unspecified atom stereocenters. The Kier molecular flexibility index (Phi) is 4.66. The van der Waals surface area contributed by atoms with Crippen molar-refractivity contribution in [3.8, 4) is 11.8 Å². The summed E-state index contributed by atoms with van der Waals surface area (Å²) in [6.45, 7) is 2.12. The number of hydrogen-bond donors (Lipinski definition) is 2. The average molecular weight is 350 g/mol. The predicted molar refractivity (Wildman–Crippen MR) is 84.1 cm³/mol. The van der Waals surface area contributed by atoms with Gasteiger partial charge in [-0.05, 0) is 25.1 Å². The highest BCUT2D eigenvalue weighted by atomic mass is 79.9. The standard InChI is InChI=1S/C15H13BrFN3O/c1-2-21-15-7-14(12(19)6-11(15)17)20-13-5-10(16)4-3-9(13)8-18/h3-7,20H,2,19H2,1H3. The molecule has 0 atom stereocenters. The molecule has 21 heavy (non-hydrogen) atoms. The van der Waals surface area contributed by atoms with Crippen molar-refractivity contribution >= 4 is 33.0 Å². The second kappa shape index (κ2) is 6.46. The molecule has 6 heteroatoms. The van der Waals surface area contributed by atoms with Gasteiger partial charge in [-0.1, -0.05) is 15.9 Å². The summed E-state index contributed by atoms with van der Waals surface area (Å²) in [7, 11) is 0. The third-order valence-electron chi connectivity index (χ3n) is 2.78. The smallest absolute Gasteiger partial charge is 0.167 e. The Morgan fingerprint density at radius 3 is 2.76 bits per heavy atom. The minimum atomic E-state index is -0.519. The first-order chi connectivity index (χ1) is 10.0. The third-order valence-corrected chi connectivity index (χ3v) is 3.27. The van der Waals surface area contributed by atoms with E-state index in [-0.39, 0.29) is 11.4 Å². The van der Waals surface area contributed by atoms with Gasteiger partial charge in [-0.15, -0.1) is 0 Å². The molecule has 0 aromatic heterocycles. The average Bonchev–Trinajstić information content (AvgIpc) is 2.44. The lowest BCUT2D eigenvalue weighted by molar-refractivity contribution is 0.322. The molecule has 3 N–H and O–H groups in total. The van der Waals surface area contributed by atoms with Crippen LogP contribution in [0.5, 0.6) is 5.75 Å². The summed E-state index contributed by atoms with van der Waals surface area (Å²) < 4.78 is 19.7. The van der Waals surface area contributed by atoms with Crippen molar-refractivity contribution in [3.63, 3.8) is 0 Å². The summed E-state index contributed by atoms with van der Waals surface area (Å²) in [5, 5.41) is 12.2. The molecule has 0 bridgehead atoms. The van der Waals surface area contributed by atoms with Crippen LogP contribution in [0.2, 0.25) is 0 Å². The summed E-state index contributed by atoms with van der Waals surface area (Å²) in [6, 6.07) is 9.95. The first-order valence-electron chi connectivity index (χ1n) is 6.23. The van der Waals surface area contributed by atoms with Gasteiger partial charge in [0.05, 0.1) is 29.2 Å². The zero-order chi connectivity index (χ0) is 15.4. The van der Waals surface area contributed by atoms with Gasteiger partial charge < -0.3 is 15.8 Å². The topological polar surface area (TPSA) is 71.1 Å². The van der Waals surface area contributed by atoms with Crippen LogP contribution in [-0.2, 0) is 0 Å². The molecule has 108 valence electrons. The fourth-order valence-corrected chi connectivity index (χ4v) is 2.17. The van der Waals surface area contributed by atoms with Crippen LogP contribution in [0, 0.1) is 17.1 Å². The van der Waals surface area contributed by atoms with Gasteiger partial charge in [0.1, 0.15) is 6.07 Å². The maximum Gasteiger partial charge on any atom is 0.167 e. The van der Waals surface area contributed by atoms with Crippen LogP contribution in [0.25, 0.3) is 0 Å². The Balaban J connectivity index is 2.42. The molecule has 0 spiro atoms. The van der Waals surface area contributed by atoms with E-state index < -0.39 is 5.82 Å². The minimum Gasteiger partial charge on any atom is -0.491 e. The van der Waals surface area contributed by atoms with Gasteiger partial charge in [-0.3, -0.25) is 0 Å². The van der Waals surface area contributed by atoms with Gasteiger partial charge in [0.15, 0.2) is 11.6 Å². The molecule has 2 aromatic carbocycles. The van der Waals surface area contributed by atoms with E-state index in [4.69, 9.17) is 15.7 Å². The molecule has 0 aliphatic rings. The van der Waals surface area contributed by atoms with Crippen molar-refractivity contribution in [2.45, 2.75) is 6.92 Å². The number of nitrogens with one attached hydrogen (secondary N) is 1. The van der Waals surface area contributed by atoms with E-state index >= 15 is 0 Å². The van der Waals surface area contributed by atoms with Crippen LogP contribution in [0.3, 0.4) is 0 Å². The van der Waals surface area contributed by atoms with Crippen LogP contribution < -0.4 is 15.8 Å². The number of anilines is 3. The van der Waals surface area contributed by atoms with E-state index in [0.29, 0.717) is 23.5 Å². The number of nitriles is 1. The second-order valence-corrected chi connectivity index (χ2v) is 5.15. The molecule has 0 amide bonds. The quantitative estimate of drug-likeness (QED) is 0.812. The van der Waals surface area contributed by atoms with Crippen molar-refractivity contribution in [2.24, 2.45) is 0 Å². The largest absolute Gasteiger partial charge is 0.491 e. The van der Waals surface area contributed by atoms with Crippen LogP contribution >= 0.6 is 15.9 Å². The lowest BCUT2D eigenvalue weighted by atomic mass is 10.1. The van der Waals surface area contributed by atoms with Crippen molar-refractivity contribution in [3.05, 3.63) is 46.2 Å². The highest BCUT2D eigenvalue weighted by Crippen LogP contribution is 2.32. The molecule has 0 saturated heterocycles. The summed E-state index contributed by atoms with van der Waals surface area (Å²) >= 11 is 3.34. The zero-order valence-electron chi connectivity index (χ0n) is 11.3. The van der Waals surface area contributed by atoms with E-state index in [1.807, 2.05) is 0 Å². The van der Waals surface area contributed by atoms with Gasteiger partial charge >= 0.3 is 0 Å². The van der Waals surface area contributed by atoms with Gasteiger partial charge in [-0.2, -0.15) is 5.26 Å². The number of nitrogens with two attached hydrogens (primary N) is 1. The number of hydrogen-bond acceptors (Lipinski definition) is 4. The van der Waals surface area contributed by atoms with Crippen molar-refractivity contribution in [1.29, 1.82) is 5.26 Å². The number of ether oxygens (including phenoxy) is 1. The van der Waals surface area contributed by atoms with E-state index in [1.165, 1.54) is 12.1 Å². The maximum absolute atomic E-state index is 13.7. The number of nitrogen functional groups attached to an aromatic ring is 1. The highest BCUT2D eigenvalue weighted by molar-refractivity contribution is 9.10. The lowest BCUT2D eigenvalue weighted by Crippen LogP contribution is -2.02. The molecule has 0 fully saturated rings. The molecule has 0 radical (unpaired) electrons. The maximum atomic E-state index is 13.7. The third kappa shape index (κ3) is 3.44. The van der Waals surface area contributed by atoms with Crippen LogP contribution in [0.1, 0.15) is 12.5 Å². The fraction of sp³-hybridized carbons (Fsp3) is 0.133. The summed E-state index contributed by atoms with van der Waals surface area (Å²) in [5.41, 5.74) is 7.56. The fourth-order valence-electron chi connectivity index (χ4n) is 1.81. The van der Waals surface area contributed by atoms with Crippen molar-refractivity contribution in [2.75, 3.05) is 17.7 Å². The second-order valence-electron chi connectivity index (χ2n) is 4.23. The lowest BCUT2D eigenvalue weighted by Gasteiger charge is -2.13. The minimum absolute atomic E-state index is 0.114. The molecule has 2 aromatic rings. The van der Waals surface area contributed by atoms with E-state index in [0.717, 1.165) is 4.47 Å². The van der Waals surface area contributed by atoms with Gasteiger partial charge in [-0.25, -0.2) is 4.39 Å². The molecule has 0 heterocycles. The number of nitrogens with zero attached hydrogens (tertiary/aromatic N) is 1. The van der Waals surface area contributed by atoms with E-state index in [9.17, 15) is 4.39 Å². The SMILES string of the molecule is CCOc1cc(Nc2cc(Br)ccc2C#N)c(N)cc1F. The molecular formula is C15H13BrFN3O. The highest BCUT2D eigenvalue weighted by Gasteiger charge is 2.11. The van der Waals surface area contributed by atoms with Crippen LogP contribution in [0.4, 0.5) is 21.5 Å². The monoisotopic (exact) mass is 349 g/mol. The van der Waals surface area contributed by atoms with Gasteiger partial charge in [0.25, 0.3) is 0 Å². The number of benzene rings is 2. The first-order valence-corrected chi connectivity index (χ1v) is 7.03. The Morgan fingerprint density at radius 2 is 2.10 bits per heavy atom. The van der Waals surface area contributed by atoms with Crippen LogP contribution in [-0.4, -0.2) is 6.61 Å². The summed E-state index contributed by atoms with van der Waals surface area (Å²) in [5.74, 6) is -0.405. The first kappa shape index (κ1) is 15.1. The Hall–Kier alpha value is -2.26. The molecule has 0 aliphatic heterocycles. The Morgan fingerprint density at radius 1 is 1.33 bits per heavy atom. The molecule has 0 saturated carbocycles. The Bertz CT molecular complexity index is 713.